The van der Waals surface area contributed by atoms with Crippen LogP contribution in [0.15, 0.2) is 0 Å². The van der Waals surface area contributed by atoms with Gasteiger partial charge in [-0.2, -0.15) is 0 Å². The van der Waals surface area contributed by atoms with Gasteiger partial charge < -0.3 is 19.3 Å². The van der Waals surface area contributed by atoms with Gasteiger partial charge in [0.05, 0.1) is 13.2 Å². The third-order valence-corrected chi connectivity index (χ3v) is 5.84. The lowest BCUT2D eigenvalue weighted by Gasteiger charge is -2.28. The molecule has 0 N–H and O–H groups in total. The molecule has 2 atom stereocenters. The number of likely N-dealkylation sites (tertiary alicyclic amines) is 2. The number of hydrogen-bond donors (Lipinski definition) is 0. The number of piperidine rings is 2. The van der Waals surface area contributed by atoms with E-state index in [1.165, 1.54) is 64.7 Å². The van der Waals surface area contributed by atoms with Gasteiger partial charge in [-0.3, -0.25) is 0 Å². The van der Waals surface area contributed by atoms with Gasteiger partial charge in [-0.15, -0.1) is 0 Å². The summed E-state index contributed by atoms with van der Waals surface area (Å²) >= 11 is 1.79. The number of rotatable bonds is 10. The Balaban J connectivity index is 1.45. The lowest BCUT2D eigenvalue weighted by Crippen LogP contribution is -2.33. The minimum atomic E-state index is 0.213. The maximum absolute atomic E-state index is 5.94. The van der Waals surface area contributed by atoms with Crippen LogP contribution in [0.3, 0.4) is 0 Å². The molecule has 0 aromatic carbocycles. The Morgan fingerprint density at radius 1 is 0.696 bits per heavy atom. The Kier molecular flexibility index (Phi) is 9.92. The highest BCUT2D eigenvalue weighted by Crippen LogP contribution is 2.20. The van der Waals surface area contributed by atoms with Crippen LogP contribution >= 0.6 is 11.8 Å². The zero-order chi connectivity index (χ0) is 16.3. The Morgan fingerprint density at radius 3 is 1.48 bits per heavy atom. The van der Waals surface area contributed by atoms with Crippen molar-refractivity contribution in [1.29, 1.82) is 0 Å². The molecule has 23 heavy (non-hydrogen) atoms. The summed E-state index contributed by atoms with van der Waals surface area (Å²) in [4.78, 5) is 5.05. The molecule has 2 fully saturated rings. The Morgan fingerprint density at radius 2 is 1.09 bits per heavy atom. The second kappa shape index (κ2) is 11.7. The first-order valence-corrected chi connectivity index (χ1v) is 10.5. The molecule has 2 aliphatic rings. The normalized spacial score (nSPS) is 23.7. The fraction of sp³-hybridized carbons (Fsp3) is 1.00. The molecule has 2 saturated heterocycles. The van der Waals surface area contributed by atoms with Gasteiger partial charge in [0.15, 0.2) is 0 Å². The zero-order valence-electron chi connectivity index (χ0n) is 15.2. The van der Waals surface area contributed by atoms with Gasteiger partial charge in [-0.1, -0.05) is 24.6 Å². The van der Waals surface area contributed by atoms with Crippen molar-refractivity contribution in [2.75, 3.05) is 52.5 Å². The van der Waals surface area contributed by atoms with Crippen LogP contribution in [0.25, 0.3) is 0 Å². The second-order valence-electron chi connectivity index (χ2n) is 6.82. The SMILES string of the molecule is CC(OCCN1CCCCC1)SC(C)OCCN1CCCCC1. The van der Waals surface area contributed by atoms with Crippen molar-refractivity contribution in [3.8, 4) is 0 Å². The van der Waals surface area contributed by atoms with E-state index in [0.717, 1.165) is 26.3 Å². The van der Waals surface area contributed by atoms with E-state index in [4.69, 9.17) is 9.47 Å². The summed E-state index contributed by atoms with van der Waals surface area (Å²) in [6.45, 7) is 13.1. The smallest absolute Gasteiger partial charge is 0.102 e. The number of thioether (sulfide) groups is 1. The Bertz CT molecular complexity index is 267. The van der Waals surface area contributed by atoms with Crippen molar-refractivity contribution in [2.24, 2.45) is 0 Å². The van der Waals surface area contributed by atoms with Crippen LogP contribution in [0.2, 0.25) is 0 Å². The van der Waals surface area contributed by atoms with E-state index in [2.05, 4.69) is 23.6 Å². The van der Waals surface area contributed by atoms with Gasteiger partial charge in [-0.05, 0) is 65.7 Å². The van der Waals surface area contributed by atoms with Crippen LogP contribution in [-0.2, 0) is 9.47 Å². The highest BCUT2D eigenvalue weighted by molar-refractivity contribution is 8.00. The molecular weight excluding hydrogens is 308 g/mol. The standard InChI is InChI=1S/C18H36N2O2S/c1-17(21-15-13-19-9-5-3-6-10-19)23-18(2)22-16-14-20-11-7-4-8-12-20/h17-18H,3-16H2,1-2H3. The highest BCUT2D eigenvalue weighted by atomic mass is 32.2. The molecule has 5 heteroatoms. The molecule has 0 aliphatic carbocycles. The van der Waals surface area contributed by atoms with Crippen LogP contribution in [-0.4, -0.2) is 73.2 Å². The summed E-state index contributed by atoms with van der Waals surface area (Å²) in [6.07, 6.45) is 8.21. The van der Waals surface area contributed by atoms with Crippen molar-refractivity contribution in [2.45, 2.75) is 63.2 Å². The maximum atomic E-state index is 5.94. The highest BCUT2D eigenvalue weighted by Gasteiger charge is 2.14. The molecule has 2 aliphatic heterocycles. The summed E-state index contributed by atoms with van der Waals surface area (Å²) in [6, 6.07) is 0. The van der Waals surface area contributed by atoms with Crippen LogP contribution in [0.1, 0.15) is 52.4 Å². The average Bonchev–Trinajstić information content (AvgIpc) is 2.57. The molecule has 0 amide bonds. The summed E-state index contributed by atoms with van der Waals surface area (Å²) in [5, 5.41) is 0. The molecule has 0 bridgehead atoms. The summed E-state index contributed by atoms with van der Waals surface area (Å²) in [5.41, 5.74) is 0.426. The van der Waals surface area contributed by atoms with Crippen LogP contribution < -0.4 is 0 Å². The van der Waals surface area contributed by atoms with Crippen molar-refractivity contribution < 1.29 is 9.47 Å². The molecule has 2 unspecified atom stereocenters. The van der Waals surface area contributed by atoms with E-state index in [9.17, 15) is 0 Å². The maximum Gasteiger partial charge on any atom is 0.102 e. The molecular formula is C18H36N2O2S. The van der Waals surface area contributed by atoms with Crippen molar-refractivity contribution in [3.63, 3.8) is 0 Å². The Hall–Kier alpha value is 0.190. The lowest BCUT2D eigenvalue weighted by molar-refractivity contribution is 0.0745. The Labute approximate surface area is 147 Å². The predicted molar refractivity (Wildman–Crippen MR) is 99.0 cm³/mol. The second-order valence-corrected chi connectivity index (χ2v) is 8.42. The van der Waals surface area contributed by atoms with Crippen molar-refractivity contribution in [3.05, 3.63) is 0 Å². The van der Waals surface area contributed by atoms with E-state index in [1.54, 1.807) is 11.8 Å². The van der Waals surface area contributed by atoms with E-state index >= 15 is 0 Å². The fourth-order valence-electron chi connectivity index (χ4n) is 3.41. The zero-order valence-corrected chi connectivity index (χ0v) is 16.0. The molecule has 0 aromatic rings. The van der Waals surface area contributed by atoms with E-state index < -0.39 is 0 Å². The summed E-state index contributed by atoms with van der Waals surface area (Å²) < 4.78 is 11.9. The monoisotopic (exact) mass is 344 g/mol. The van der Waals surface area contributed by atoms with Crippen LogP contribution in [0, 0.1) is 0 Å². The van der Waals surface area contributed by atoms with Gasteiger partial charge in [0.1, 0.15) is 10.9 Å². The lowest BCUT2D eigenvalue weighted by atomic mass is 10.1. The van der Waals surface area contributed by atoms with Gasteiger partial charge in [0.25, 0.3) is 0 Å². The molecule has 136 valence electrons. The molecule has 0 saturated carbocycles. The largest absolute Gasteiger partial charge is 0.366 e. The van der Waals surface area contributed by atoms with Gasteiger partial charge in [0.2, 0.25) is 0 Å². The number of ether oxygens (including phenoxy) is 2. The first-order valence-electron chi connectivity index (χ1n) is 9.57. The fourth-order valence-corrected chi connectivity index (χ4v) is 4.30. The molecule has 0 spiro atoms. The third kappa shape index (κ3) is 8.73. The van der Waals surface area contributed by atoms with Gasteiger partial charge >= 0.3 is 0 Å². The summed E-state index contributed by atoms with van der Waals surface area (Å²) in [5.74, 6) is 0. The van der Waals surface area contributed by atoms with Crippen molar-refractivity contribution >= 4 is 11.8 Å². The predicted octanol–water partition coefficient (Wildman–Crippen LogP) is 3.42. The number of hydrogen-bond acceptors (Lipinski definition) is 5. The molecule has 4 nitrogen and oxygen atoms in total. The van der Waals surface area contributed by atoms with Gasteiger partial charge in [-0.25, -0.2) is 0 Å². The molecule has 2 heterocycles. The minimum Gasteiger partial charge on any atom is -0.366 e. The first-order chi connectivity index (χ1) is 11.2. The van der Waals surface area contributed by atoms with Crippen LogP contribution in [0.5, 0.6) is 0 Å². The molecule has 0 radical (unpaired) electrons. The third-order valence-electron chi connectivity index (χ3n) is 4.80. The quantitative estimate of drug-likeness (QED) is 0.566. The first kappa shape index (κ1) is 19.5. The average molecular weight is 345 g/mol. The number of nitrogens with zero attached hydrogens (tertiary/aromatic N) is 2. The van der Waals surface area contributed by atoms with E-state index in [1.807, 2.05) is 0 Å². The molecule has 2 rings (SSSR count). The van der Waals surface area contributed by atoms with Crippen molar-refractivity contribution in [1.82, 2.24) is 9.80 Å². The van der Waals surface area contributed by atoms with Crippen LogP contribution in [0.4, 0.5) is 0 Å². The summed E-state index contributed by atoms with van der Waals surface area (Å²) in [7, 11) is 0. The van der Waals surface area contributed by atoms with E-state index in [-0.39, 0.29) is 10.9 Å². The van der Waals surface area contributed by atoms with Gasteiger partial charge in [0, 0.05) is 13.1 Å². The van der Waals surface area contributed by atoms with E-state index in [0.29, 0.717) is 0 Å². The molecule has 0 aromatic heterocycles. The minimum absolute atomic E-state index is 0.213. The topological polar surface area (TPSA) is 24.9 Å².